The highest BCUT2D eigenvalue weighted by molar-refractivity contribution is 5.76. The van der Waals surface area contributed by atoms with Gasteiger partial charge in [-0.05, 0) is 6.42 Å². The summed E-state index contributed by atoms with van der Waals surface area (Å²) in [7, 11) is 0. The highest BCUT2D eigenvalue weighted by Gasteiger charge is 2.32. The van der Waals surface area contributed by atoms with Gasteiger partial charge in [-0.2, -0.15) is 0 Å². The second-order valence-corrected chi connectivity index (χ2v) is 6.15. The van der Waals surface area contributed by atoms with Crippen molar-refractivity contribution < 1.29 is 39.6 Å². The van der Waals surface area contributed by atoms with Crippen LogP contribution < -0.4 is 5.32 Å². The number of hydrazine groups is 1. The van der Waals surface area contributed by atoms with E-state index in [1.54, 1.807) is 9.91 Å². The lowest BCUT2D eigenvalue weighted by Gasteiger charge is -2.38. The number of carboxylic acids is 4. The topological polar surface area (TPSA) is 171 Å². The zero-order chi connectivity index (χ0) is 20.4. The highest BCUT2D eigenvalue weighted by Crippen LogP contribution is 2.12. The Morgan fingerprint density at radius 3 is 2.11 bits per heavy atom. The summed E-state index contributed by atoms with van der Waals surface area (Å²) in [5.41, 5.74) is 0. The van der Waals surface area contributed by atoms with Crippen LogP contribution in [0.15, 0.2) is 0 Å². The fraction of sp³-hybridized carbons (Fsp3) is 0.733. The molecule has 0 saturated carbocycles. The molecule has 0 radical (unpaired) electrons. The van der Waals surface area contributed by atoms with E-state index in [-0.39, 0.29) is 19.5 Å². The zero-order valence-corrected chi connectivity index (χ0v) is 14.9. The average Bonchev–Trinajstić information content (AvgIpc) is 2.65. The summed E-state index contributed by atoms with van der Waals surface area (Å²) in [5, 5.41) is 42.3. The summed E-state index contributed by atoms with van der Waals surface area (Å²) in [6.45, 7) is 1.52. The Bertz CT molecular complexity index is 544. The third kappa shape index (κ3) is 8.77. The maximum Gasteiger partial charge on any atom is 0.322 e. The second-order valence-electron chi connectivity index (χ2n) is 6.15. The molecular formula is C15H26N4O8. The molecule has 1 saturated heterocycles. The molecule has 27 heavy (non-hydrogen) atoms. The van der Waals surface area contributed by atoms with Crippen molar-refractivity contribution in [3.63, 3.8) is 0 Å². The summed E-state index contributed by atoms with van der Waals surface area (Å²) in [4.78, 5) is 46.4. The van der Waals surface area contributed by atoms with E-state index in [0.717, 1.165) is 5.01 Å². The molecule has 12 nitrogen and oxygen atoms in total. The van der Waals surface area contributed by atoms with Crippen LogP contribution in [0.2, 0.25) is 0 Å². The van der Waals surface area contributed by atoms with Gasteiger partial charge in [0.05, 0.1) is 6.54 Å². The first-order chi connectivity index (χ1) is 12.7. The molecule has 1 rings (SSSR count). The van der Waals surface area contributed by atoms with Crippen LogP contribution in [0.4, 0.5) is 0 Å². The van der Waals surface area contributed by atoms with Crippen LogP contribution in [0.25, 0.3) is 0 Å². The smallest absolute Gasteiger partial charge is 0.322 e. The van der Waals surface area contributed by atoms with Crippen LogP contribution in [-0.4, -0.2) is 118 Å². The number of hydrogen-bond donors (Lipinski definition) is 5. The maximum atomic E-state index is 11.7. The van der Waals surface area contributed by atoms with Crippen LogP contribution in [0.3, 0.4) is 0 Å². The minimum atomic E-state index is -1.31. The van der Waals surface area contributed by atoms with Crippen molar-refractivity contribution in [3.05, 3.63) is 0 Å². The molecule has 12 heteroatoms. The predicted molar refractivity (Wildman–Crippen MR) is 91.2 cm³/mol. The first kappa shape index (κ1) is 22.8. The molecule has 0 spiro atoms. The standard InChI is InChI=1S/C15H26N4O8/c20-12(21)2-1-11(15(26)27)19(10-14(24)25)18-6-4-16-3-5-17(7-8-18)9-13(22)23/h11,16H,1-10H2,(H,20,21)(H,22,23)(H,24,25)(H,26,27)/t11-/m0/s1. The number of nitrogens with zero attached hydrogens (tertiary/aromatic N) is 3. The van der Waals surface area contributed by atoms with E-state index >= 15 is 0 Å². The number of aliphatic carboxylic acids is 4. The van der Waals surface area contributed by atoms with Gasteiger partial charge in [-0.15, -0.1) is 0 Å². The van der Waals surface area contributed by atoms with Gasteiger partial charge >= 0.3 is 23.9 Å². The molecule has 1 aliphatic heterocycles. The lowest BCUT2D eigenvalue weighted by molar-refractivity contribution is -0.161. The molecule has 1 atom stereocenters. The summed E-state index contributed by atoms with van der Waals surface area (Å²) in [5.74, 6) is -4.72. The number of rotatable bonds is 10. The highest BCUT2D eigenvalue weighted by atomic mass is 16.4. The van der Waals surface area contributed by atoms with Gasteiger partial charge in [0.25, 0.3) is 0 Å². The molecule has 0 aromatic rings. The third-order valence-electron chi connectivity index (χ3n) is 4.12. The first-order valence-electron chi connectivity index (χ1n) is 8.53. The fourth-order valence-corrected chi connectivity index (χ4v) is 2.86. The van der Waals surface area contributed by atoms with Crippen LogP contribution >= 0.6 is 0 Å². The zero-order valence-electron chi connectivity index (χ0n) is 14.9. The van der Waals surface area contributed by atoms with E-state index in [9.17, 15) is 29.4 Å². The Morgan fingerprint density at radius 1 is 0.889 bits per heavy atom. The normalized spacial score (nSPS) is 18.3. The van der Waals surface area contributed by atoms with Gasteiger partial charge in [0.1, 0.15) is 12.6 Å². The van der Waals surface area contributed by atoms with Crippen molar-refractivity contribution in [1.82, 2.24) is 20.2 Å². The lowest BCUT2D eigenvalue weighted by Crippen LogP contribution is -2.56. The molecule has 0 amide bonds. The molecule has 5 N–H and O–H groups in total. The second kappa shape index (κ2) is 11.4. The minimum Gasteiger partial charge on any atom is -0.481 e. The van der Waals surface area contributed by atoms with Crippen LogP contribution in [-0.2, 0) is 19.2 Å². The number of nitrogens with one attached hydrogen (secondary N) is 1. The van der Waals surface area contributed by atoms with E-state index < -0.39 is 42.9 Å². The number of carboxylic acid groups (broad SMARTS) is 4. The summed E-state index contributed by atoms with van der Waals surface area (Å²) >= 11 is 0. The SMILES string of the molecule is O=C(O)CC[C@@H](C(=O)O)N(CC(=O)O)N1CCNCCN(CC(=O)O)CC1. The molecule has 0 unspecified atom stereocenters. The number of carbonyl (C=O) groups is 4. The Labute approximate surface area is 155 Å². The van der Waals surface area contributed by atoms with Gasteiger partial charge in [-0.25, -0.2) is 10.0 Å². The lowest BCUT2D eigenvalue weighted by atomic mass is 10.1. The van der Waals surface area contributed by atoms with Gasteiger partial charge < -0.3 is 25.7 Å². The van der Waals surface area contributed by atoms with Crippen molar-refractivity contribution in [2.75, 3.05) is 52.4 Å². The van der Waals surface area contributed by atoms with Crippen molar-refractivity contribution in [3.8, 4) is 0 Å². The van der Waals surface area contributed by atoms with E-state index in [1.807, 2.05) is 0 Å². The fourth-order valence-electron chi connectivity index (χ4n) is 2.86. The predicted octanol–water partition coefficient (Wildman–Crippen LogP) is -2.10. The molecule has 1 aliphatic rings. The van der Waals surface area contributed by atoms with Gasteiger partial charge in [0, 0.05) is 45.7 Å². The van der Waals surface area contributed by atoms with Crippen LogP contribution in [0.5, 0.6) is 0 Å². The molecule has 0 aliphatic carbocycles. The minimum absolute atomic E-state index is 0.185. The quantitative estimate of drug-likeness (QED) is 0.275. The largest absolute Gasteiger partial charge is 0.481 e. The van der Waals surface area contributed by atoms with E-state index in [4.69, 9.17) is 10.2 Å². The van der Waals surface area contributed by atoms with Gasteiger partial charge in [0.2, 0.25) is 0 Å². The van der Waals surface area contributed by atoms with E-state index in [0.29, 0.717) is 32.7 Å². The summed E-state index contributed by atoms with van der Waals surface area (Å²) in [6.07, 6.45) is -0.662. The summed E-state index contributed by atoms with van der Waals surface area (Å²) < 4.78 is 0. The molecule has 0 aromatic heterocycles. The summed E-state index contributed by atoms with van der Waals surface area (Å²) in [6, 6.07) is -1.31. The van der Waals surface area contributed by atoms with Crippen molar-refractivity contribution in [2.45, 2.75) is 18.9 Å². The third-order valence-corrected chi connectivity index (χ3v) is 4.12. The Morgan fingerprint density at radius 2 is 1.56 bits per heavy atom. The van der Waals surface area contributed by atoms with Crippen molar-refractivity contribution >= 4 is 23.9 Å². The maximum absolute atomic E-state index is 11.7. The Kier molecular flexibility index (Phi) is 9.64. The molecule has 1 fully saturated rings. The molecular weight excluding hydrogens is 364 g/mol. The van der Waals surface area contributed by atoms with Gasteiger partial charge in [0.15, 0.2) is 0 Å². The molecule has 1 heterocycles. The van der Waals surface area contributed by atoms with Gasteiger partial charge in [-0.3, -0.25) is 24.1 Å². The Hall–Kier alpha value is -2.28. The monoisotopic (exact) mass is 390 g/mol. The van der Waals surface area contributed by atoms with E-state index in [1.165, 1.54) is 0 Å². The Balaban J connectivity index is 2.98. The molecule has 0 bridgehead atoms. The molecule has 154 valence electrons. The van der Waals surface area contributed by atoms with Crippen molar-refractivity contribution in [2.24, 2.45) is 0 Å². The van der Waals surface area contributed by atoms with E-state index in [2.05, 4.69) is 5.32 Å². The van der Waals surface area contributed by atoms with Gasteiger partial charge in [-0.1, -0.05) is 0 Å². The van der Waals surface area contributed by atoms with Crippen LogP contribution in [0, 0.1) is 0 Å². The van der Waals surface area contributed by atoms with Crippen LogP contribution in [0.1, 0.15) is 12.8 Å². The molecule has 0 aromatic carbocycles. The van der Waals surface area contributed by atoms with Crippen molar-refractivity contribution in [1.29, 1.82) is 0 Å². The average molecular weight is 390 g/mol. The number of hydrogen-bond acceptors (Lipinski definition) is 8. The first-order valence-corrected chi connectivity index (χ1v) is 8.53.